The molecule has 1 fully saturated rings. The quantitative estimate of drug-likeness (QED) is 0.541. The number of nitrogens with one attached hydrogen (secondary N) is 1. The van der Waals surface area contributed by atoms with Gasteiger partial charge in [0.2, 0.25) is 0 Å². The number of rotatable bonds is 4. The first kappa shape index (κ1) is 11.5. The van der Waals surface area contributed by atoms with Crippen molar-refractivity contribution in [2.24, 2.45) is 0 Å². The first-order valence-corrected chi connectivity index (χ1v) is 6.13. The largest absolute Gasteiger partial charge is 0.358 e. The predicted octanol–water partition coefficient (Wildman–Crippen LogP) is 3.42. The van der Waals surface area contributed by atoms with Gasteiger partial charge in [0.25, 0.3) is 0 Å². The Kier molecular flexibility index (Phi) is 4.99. The van der Waals surface area contributed by atoms with E-state index in [1.807, 2.05) is 0 Å². The van der Waals surface area contributed by atoms with E-state index < -0.39 is 0 Å². The molecule has 0 bridgehead atoms. The molecule has 1 saturated carbocycles. The van der Waals surface area contributed by atoms with Crippen molar-refractivity contribution in [1.82, 2.24) is 4.90 Å². The van der Waals surface area contributed by atoms with Crippen LogP contribution in [0.3, 0.4) is 0 Å². The Labute approximate surface area is 88.2 Å². The Hall–Kier alpha value is -0.530. The van der Waals surface area contributed by atoms with Crippen molar-refractivity contribution in [2.75, 3.05) is 6.54 Å². The van der Waals surface area contributed by atoms with E-state index in [1.165, 1.54) is 32.1 Å². The van der Waals surface area contributed by atoms with Crippen molar-refractivity contribution >= 4 is 5.84 Å². The fraction of sp³-hybridized carbons (Fsp3) is 0.917. The Morgan fingerprint density at radius 3 is 2.36 bits per heavy atom. The third-order valence-electron chi connectivity index (χ3n) is 3.19. The molecule has 1 rings (SSSR count). The van der Waals surface area contributed by atoms with Crippen LogP contribution < -0.4 is 0 Å². The number of hydrogen-bond acceptors (Lipinski definition) is 1. The van der Waals surface area contributed by atoms with Crippen LogP contribution in [-0.4, -0.2) is 23.3 Å². The summed E-state index contributed by atoms with van der Waals surface area (Å²) in [4.78, 5) is 2.32. The van der Waals surface area contributed by atoms with E-state index in [4.69, 9.17) is 5.41 Å². The molecule has 0 aromatic rings. The van der Waals surface area contributed by atoms with E-state index in [9.17, 15) is 0 Å². The van der Waals surface area contributed by atoms with E-state index in [-0.39, 0.29) is 0 Å². The molecule has 0 amide bonds. The third-order valence-corrected chi connectivity index (χ3v) is 3.19. The molecule has 1 aliphatic carbocycles. The van der Waals surface area contributed by atoms with E-state index >= 15 is 0 Å². The SMILES string of the molecule is CCCC(=N)N(CC)C1CCCCC1. The molecule has 14 heavy (non-hydrogen) atoms. The van der Waals surface area contributed by atoms with Gasteiger partial charge in [0.1, 0.15) is 0 Å². The molecule has 0 saturated heterocycles. The molecule has 2 heteroatoms. The summed E-state index contributed by atoms with van der Waals surface area (Å²) < 4.78 is 0. The summed E-state index contributed by atoms with van der Waals surface area (Å²) >= 11 is 0. The van der Waals surface area contributed by atoms with Crippen molar-refractivity contribution in [3.63, 3.8) is 0 Å². The van der Waals surface area contributed by atoms with Gasteiger partial charge in [-0.3, -0.25) is 5.41 Å². The Balaban J connectivity index is 2.46. The molecule has 1 N–H and O–H groups in total. The maximum Gasteiger partial charge on any atom is 0.0959 e. The van der Waals surface area contributed by atoms with Crippen LogP contribution in [0.15, 0.2) is 0 Å². The van der Waals surface area contributed by atoms with Gasteiger partial charge in [-0.2, -0.15) is 0 Å². The second kappa shape index (κ2) is 6.05. The second-order valence-corrected chi connectivity index (χ2v) is 4.27. The molecule has 0 radical (unpaired) electrons. The molecule has 0 spiro atoms. The molecule has 82 valence electrons. The summed E-state index contributed by atoms with van der Waals surface area (Å²) in [6, 6.07) is 0.674. The molecule has 0 aromatic carbocycles. The highest BCUT2D eigenvalue weighted by molar-refractivity contribution is 5.79. The standard InChI is InChI=1S/C12H24N2/c1-3-8-12(13)14(4-2)11-9-6-5-7-10-11/h11,13H,3-10H2,1-2H3. The minimum Gasteiger partial charge on any atom is -0.358 e. The maximum absolute atomic E-state index is 8.01. The Morgan fingerprint density at radius 1 is 1.21 bits per heavy atom. The van der Waals surface area contributed by atoms with Crippen LogP contribution in [0.5, 0.6) is 0 Å². The molecular weight excluding hydrogens is 172 g/mol. The van der Waals surface area contributed by atoms with E-state index in [1.54, 1.807) is 0 Å². The van der Waals surface area contributed by atoms with Crippen molar-refractivity contribution in [1.29, 1.82) is 5.41 Å². The fourth-order valence-electron chi connectivity index (χ4n) is 2.44. The molecule has 0 aromatic heterocycles. The van der Waals surface area contributed by atoms with Crippen LogP contribution in [0.2, 0.25) is 0 Å². The third kappa shape index (κ3) is 3.00. The van der Waals surface area contributed by atoms with Crippen LogP contribution in [-0.2, 0) is 0 Å². The van der Waals surface area contributed by atoms with Gasteiger partial charge in [-0.1, -0.05) is 26.2 Å². The lowest BCUT2D eigenvalue weighted by molar-refractivity contribution is 0.247. The first-order chi connectivity index (χ1) is 6.79. The molecule has 2 nitrogen and oxygen atoms in total. The number of amidine groups is 1. The zero-order valence-electron chi connectivity index (χ0n) is 9.68. The van der Waals surface area contributed by atoms with Gasteiger partial charge in [0, 0.05) is 19.0 Å². The van der Waals surface area contributed by atoms with Crippen molar-refractivity contribution < 1.29 is 0 Å². The molecular formula is C12H24N2. The van der Waals surface area contributed by atoms with E-state index in [0.717, 1.165) is 25.2 Å². The summed E-state index contributed by atoms with van der Waals surface area (Å²) in [5.74, 6) is 0.863. The second-order valence-electron chi connectivity index (χ2n) is 4.27. The zero-order chi connectivity index (χ0) is 10.4. The van der Waals surface area contributed by atoms with Crippen LogP contribution in [0.4, 0.5) is 0 Å². The number of hydrogen-bond donors (Lipinski definition) is 1. The van der Waals surface area contributed by atoms with Gasteiger partial charge in [0.05, 0.1) is 5.84 Å². The zero-order valence-corrected chi connectivity index (χ0v) is 9.68. The summed E-state index contributed by atoms with van der Waals surface area (Å²) in [6.07, 6.45) is 8.78. The highest BCUT2D eigenvalue weighted by atomic mass is 15.2. The van der Waals surface area contributed by atoms with E-state index in [0.29, 0.717) is 6.04 Å². The molecule has 0 heterocycles. The molecule has 0 aliphatic heterocycles. The van der Waals surface area contributed by atoms with Crippen molar-refractivity contribution in [3.05, 3.63) is 0 Å². The first-order valence-electron chi connectivity index (χ1n) is 6.13. The minimum absolute atomic E-state index is 0.674. The lowest BCUT2D eigenvalue weighted by Crippen LogP contribution is -2.40. The van der Waals surface area contributed by atoms with Gasteiger partial charge >= 0.3 is 0 Å². The summed E-state index contributed by atoms with van der Waals surface area (Å²) in [5, 5.41) is 8.01. The highest BCUT2D eigenvalue weighted by Crippen LogP contribution is 2.23. The smallest absolute Gasteiger partial charge is 0.0959 e. The molecule has 0 atom stereocenters. The fourth-order valence-corrected chi connectivity index (χ4v) is 2.44. The van der Waals surface area contributed by atoms with Gasteiger partial charge in [-0.25, -0.2) is 0 Å². The van der Waals surface area contributed by atoms with Crippen molar-refractivity contribution in [2.45, 2.75) is 64.8 Å². The normalized spacial score (nSPS) is 18.1. The van der Waals surface area contributed by atoms with Crippen LogP contribution in [0.1, 0.15) is 58.8 Å². The monoisotopic (exact) mass is 196 g/mol. The van der Waals surface area contributed by atoms with Gasteiger partial charge < -0.3 is 4.90 Å². The predicted molar refractivity (Wildman–Crippen MR) is 61.9 cm³/mol. The average molecular weight is 196 g/mol. The number of nitrogens with zero attached hydrogens (tertiary/aromatic N) is 1. The van der Waals surface area contributed by atoms with E-state index in [2.05, 4.69) is 18.7 Å². The lowest BCUT2D eigenvalue weighted by atomic mass is 9.94. The maximum atomic E-state index is 8.01. The summed E-state index contributed by atoms with van der Waals surface area (Å²) in [7, 11) is 0. The Morgan fingerprint density at radius 2 is 1.86 bits per heavy atom. The summed E-state index contributed by atoms with van der Waals surface area (Å²) in [5.41, 5.74) is 0. The minimum atomic E-state index is 0.674. The molecule has 1 aliphatic rings. The highest BCUT2D eigenvalue weighted by Gasteiger charge is 2.21. The van der Waals surface area contributed by atoms with Crippen molar-refractivity contribution in [3.8, 4) is 0 Å². The topological polar surface area (TPSA) is 27.1 Å². The van der Waals surface area contributed by atoms with Crippen LogP contribution >= 0.6 is 0 Å². The lowest BCUT2D eigenvalue weighted by Gasteiger charge is -2.35. The molecule has 0 unspecified atom stereocenters. The van der Waals surface area contributed by atoms with Gasteiger partial charge in [-0.05, 0) is 26.2 Å². The average Bonchev–Trinajstić information content (AvgIpc) is 2.21. The summed E-state index contributed by atoms with van der Waals surface area (Å²) in [6.45, 7) is 5.35. The Bertz CT molecular complexity index is 171. The van der Waals surface area contributed by atoms with Gasteiger partial charge in [0.15, 0.2) is 0 Å². The van der Waals surface area contributed by atoms with Crippen LogP contribution in [0, 0.1) is 5.41 Å². The van der Waals surface area contributed by atoms with Gasteiger partial charge in [-0.15, -0.1) is 0 Å². The van der Waals surface area contributed by atoms with Crippen LogP contribution in [0.25, 0.3) is 0 Å².